The molecule has 1 fully saturated rings. The van der Waals surface area contributed by atoms with Gasteiger partial charge in [-0.05, 0) is 66.9 Å². The number of nitrogens with one attached hydrogen (secondary N) is 2. The van der Waals surface area contributed by atoms with E-state index >= 15 is 0 Å². The highest BCUT2D eigenvalue weighted by atomic mass is 32.2. The molecule has 0 unspecified atom stereocenters. The molecule has 5 rings (SSSR count). The second-order valence-corrected chi connectivity index (χ2v) is 10.9. The smallest absolute Gasteiger partial charge is 0.263 e. The molecule has 35 heavy (non-hydrogen) atoms. The average molecular weight is 508 g/mol. The molecule has 0 atom stereocenters. The number of hydrogen-bond acceptors (Lipinski definition) is 8. The first-order valence-corrected chi connectivity index (χ1v) is 13.5. The minimum atomic E-state index is -3.86. The Morgan fingerprint density at radius 2 is 1.49 bits per heavy atom. The lowest BCUT2D eigenvalue weighted by atomic mass is 10.2. The summed E-state index contributed by atoms with van der Waals surface area (Å²) in [5.74, 6) is 0.466. The molecule has 1 aliphatic heterocycles. The maximum atomic E-state index is 13.2. The van der Waals surface area contributed by atoms with Crippen LogP contribution in [0, 0.1) is 6.92 Å². The predicted molar refractivity (Wildman–Crippen MR) is 139 cm³/mol. The van der Waals surface area contributed by atoms with Crippen molar-refractivity contribution in [2.45, 2.75) is 16.7 Å². The molecule has 1 aliphatic rings. The van der Waals surface area contributed by atoms with Gasteiger partial charge in [0, 0.05) is 23.7 Å². The third-order valence-corrected chi connectivity index (χ3v) is 8.11. The third-order valence-electron chi connectivity index (χ3n) is 5.51. The molecule has 4 aromatic rings. The zero-order valence-electron chi connectivity index (χ0n) is 19.1. The molecule has 180 valence electrons. The van der Waals surface area contributed by atoms with E-state index in [2.05, 4.69) is 24.3 Å². The van der Waals surface area contributed by atoms with E-state index in [-0.39, 0.29) is 10.7 Å². The Hall–Kier alpha value is -3.18. The number of aromatic nitrogens is 2. The number of hydrogen-bond donors (Lipinski definition) is 2. The van der Waals surface area contributed by atoms with Gasteiger partial charge in [-0.15, -0.1) is 0 Å². The molecule has 8 nitrogen and oxygen atoms in total. The summed E-state index contributed by atoms with van der Waals surface area (Å²) in [5, 5.41) is 3.24. The minimum Gasteiger partial charge on any atom is -0.379 e. The number of sulfonamides is 1. The fourth-order valence-electron chi connectivity index (χ4n) is 3.72. The summed E-state index contributed by atoms with van der Waals surface area (Å²) < 4.78 is 36.7. The molecule has 0 bridgehead atoms. The lowest BCUT2D eigenvalue weighted by Crippen LogP contribution is -2.30. The molecule has 0 radical (unpaired) electrons. The number of fused-ring (bicyclic) bond motifs is 1. The van der Waals surface area contributed by atoms with Crippen LogP contribution in [0.5, 0.6) is 0 Å². The summed E-state index contributed by atoms with van der Waals surface area (Å²) >= 11 is 1.70. The van der Waals surface area contributed by atoms with Gasteiger partial charge in [0.15, 0.2) is 11.6 Å². The molecule has 2 N–H and O–H groups in total. The fourth-order valence-corrected chi connectivity index (χ4v) is 5.87. The van der Waals surface area contributed by atoms with E-state index in [0.717, 1.165) is 36.9 Å². The number of nitrogens with zero attached hydrogens (tertiary/aromatic N) is 3. The summed E-state index contributed by atoms with van der Waals surface area (Å²) in [7, 11) is -3.86. The highest BCUT2D eigenvalue weighted by Gasteiger charge is 2.20. The van der Waals surface area contributed by atoms with E-state index < -0.39 is 10.0 Å². The molecule has 0 saturated carbocycles. The van der Waals surface area contributed by atoms with Crippen LogP contribution in [0.15, 0.2) is 82.6 Å². The van der Waals surface area contributed by atoms with Gasteiger partial charge < -0.3 is 10.1 Å². The third kappa shape index (κ3) is 5.57. The first-order chi connectivity index (χ1) is 17.0. The number of anilines is 3. The maximum absolute atomic E-state index is 13.2. The number of rotatable bonds is 7. The van der Waals surface area contributed by atoms with Crippen molar-refractivity contribution in [3.05, 3.63) is 78.4 Å². The largest absolute Gasteiger partial charge is 0.379 e. The van der Waals surface area contributed by atoms with E-state index in [1.165, 1.54) is 0 Å². The summed E-state index contributed by atoms with van der Waals surface area (Å²) in [6.07, 6.45) is 0. The quantitative estimate of drug-likeness (QED) is 0.344. The molecule has 0 aliphatic carbocycles. The van der Waals surface area contributed by atoms with Crippen molar-refractivity contribution in [2.24, 2.45) is 0 Å². The van der Waals surface area contributed by atoms with Crippen LogP contribution < -0.4 is 10.0 Å². The minimum absolute atomic E-state index is 0.138. The van der Waals surface area contributed by atoms with Crippen LogP contribution in [-0.2, 0) is 14.8 Å². The van der Waals surface area contributed by atoms with Crippen molar-refractivity contribution in [3.63, 3.8) is 0 Å². The van der Waals surface area contributed by atoms with Crippen molar-refractivity contribution in [3.8, 4) is 0 Å². The standard InChI is InChI=1S/C25H25N5O3S2/c1-18-6-2-5-9-23(18)35(31,32)29-25-24(27-21-7-3-4-8-22(21)28-25)26-19-10-12-20(13-11-19)34-30-14-16-33-17-15-30/h2-13H,14-17H2,1H3,(H,26,27)(H,28,29). The number of aryl methyl sites for hydroxylation is 1. The van der Waals surface area contributed by atoms with Crippen molar-refractivity contribution in [1.29, 1.82) is 0 Å². The Labute approximate surface area is 208 Å². The van der Waals surface area contributed by atoms with Gasteiger partial charge >= 0.3 is 0 Å². The van der Waals surface area contributed by atoms with Crippen molar-refractivity contribution < 1.29 is 13.2 Å². The highest BCUT2D eigenvalue weighted by Crippen LogP contribution is 2.30. The summed E-state index contributed by atoms with van der Waals surface area (Å²) in [5.41, 5.74) is 2.68. The Morgan fingerprint density at radius 3 is 2.17 bits per heavy atom. The molecular formula is C25H25N5O3S2. The predicted octanol–water partition coefficient (Wildman–Crippen LogP) is 4.82. The topological polar surface area (TPSA) is 96.5 Å². The Kier molecular flexibility index (Phi) is 6.87. The SMILES string of the molecule is Cc1ccccc1S(=O)(=O)Nc1nc2ccccc2nc1Nc1ccc(SN2CCOCC2)cc1. The second kappa shape index (κ2) is 10.2. The zero-order valence-corrected chi connectivity index (χ0v) is 20.8. The Morgan fingerprint density at radius 1 is 0.857 bits per heavy atom. The van der Waals surface area contributed by atoms with Crippen molar-refractivity contribution in [1.82, 2.24) is 14.3 Å². The van der Waals surface area contributed by atoms with Crippen LogP contribution in [0.3, 0.4) is 0 Å². The van der Waals surface area contributed by atoms with Gasteiger partial charge in [-0.3, -0.25) is 4.72 Å². The van der Waals surface area contributed by atoms with E-state index in [1.807, 2.05) is 42.5 Å². The normalized spacial score (nSPS) is 14.7. The van der Waals surface area contributed by atoms with Crippen LogP contribution in [0.4, 0.5) is 17.3 Å². The Bertz CT molecular complexity index is 1440. The molecule has 0 amide bonds. The van der Waals surface area contributed by atoms with E-state index in [1.54, 1.807) is 49.2 Å². The van der Waals surface area contributed by atoms with Crippen LogP contribution in [0.2, 0.25) is 0 Å². The lowest BCUT2D eigenvalue weighted by Gasteiger charge is -2.25. The fraction of sp³-hybridized carbons (Fsp3) is 0.200. The zero-order chi connectivity index (χ0) is 24.3. The molecule has 10 heteroatoms. The second-order valence-electron chi connectivity index (χ2n) is 8.06. The molecule has 0 spiro atoms. The lowest BCUT2D eigenvalue weighted by molar-refractivity contribution is 0.0773. The first-order valence-electron chi connectivity index (χ1n) is 11.2. The maximum Gasteiger partial charge on any atom is 0.263 e. The van der Waals surface area contributed by atoms with Gasteiger partial charge in [0.25, 0.3) is 10.0 Å². The van der Waals surface area contributed by atoms with Crippen LogP contribution in [0.25, 0.3) is 11.0 Å². The number of para-hydroxylation sites is 2. The van der Waals surface area contributed by atoms with Crippen LogP contribution in [0.1, 0.15) is 5.56 Å². The highest BCUT2D eigenvalue weighted by molar-refractivity contribution is 7.97. The summed E-state index contributed by atoms with van der Waals surface area (Å²) in [4.78, 5) is 10.5. The van der Waals surface area contributed by atoms with E-state index in [0.29, 0.717) is 22.4 Å². The van der Waals surface area contributed by atoms with Crippen LogP contribution >= 0.6 is 11.9 Å². The summed E-state index contributed by atoms with van der Waals surface area (Å²) in [6.45, 7) is 5.03. The first kappa shape index (κ1) is 23.6. The van der Waals surface area contributed by atoms with Gasteiger partial charge in [0.05, 0.1) is 29.1 Å². The molecule has 2 heterocycles. The van der Waals surface area contributed by atoms with E-state index in [4.69, 9.17) is 4.74 Å². The molecule has 1 saturated heterocycles. The average Bonchev–Trinajstić information content (AvgIpc) is 2.86. The molecule has 3 aromatic carbocycles. The number of ether oxygens (including phenoxy) is 1. The number of benzene rings is 3. The monoisotopic (exact) mass is 507 g/mol. The Balaban J connectivity index is 1.43. The number of morpholine rings is 1. The van der Waals surface area contributed by atoms with Crippen LogP contribution in [-0.4, -0.2) is 49.0 Å². The van der Waals surface area contributed by atoms with Gasteiger partial charge in [-0.1, -0.05) is 30.3 Å². The van der Waals surface area contributed by atoms with E-state index in [9.17, 15) is 8.42 Å². The summed E-state index contributed by atoms with van der Waals surface area (Å²) in [6, 6.07) is 22.1. The van der Waals surface area contributed by atoms with Gasteiger partial charge in [0.2, 0.25) is 0 Å². The van der Waals surface area contributed by atoms with Gasteiger partial charge in [-0.2, -0.15) is 0 Å². The van der Waals surface area contributed by atoms with Gasteiger partial charge in [0.1, 0.15) is 0 Å². The molecule has 1 aromatic heterocycles. The molecular weight excluding hydrogens is 482 g/mol. The van der Waals surface area contributed by atoms with Crippen molar-refractivity contribution >= 4 is 50.3 Å². The van der Waals surface area contributed by atoms with Crippen molar-refractivity contribution in [2.75, 3.05) is 36.3 Å². The van der Waals surface area contributed by atoms with Gasteiger partial charge in [-0.25, -0.2) is 22.7 Å².